The number of methoxy groups -OCH3 is 1. The van der Waals surface area contributed by atoms with Crippen LogP contribution in [0.2, 0.25) is 0 Å². The van der Waals surface area contributed by atoms with Gasteiger partial charge in [0.05, 0.1) is 24.2 Å². The average molecular weight is 424 g/mol. The molecular formula is C20H25FN2O5S. The van der Waals surface area contributed by atoms with Gasteiger partial charge in [-0.2, -0.15) is 4.31 Å². The van der Waals surface area contributed by atoms with Crippen molar-refractivity contribution >= 4 is 21.6 Å². The zero-order valence-electron chi connectivity index (χ0n) is 16.9. The lowest BCUT2D eigenvalue weighted by atomic mass is 10.2. The number of carbonyl (C=O) groups is 1. The molecule has 0 spiro atoms. The third kappa shape index (κ3) is 5.04. The molecule has 0 saturated heterocycles. The standard InChI is InChI=1S/C20H25FN2O5S/c1-5-23(6-2)29(25,26)15-9-10-17(21)16(13-15)20(24)22-14-8-11-18(28-7-3)19(12-14)27-4/h8-13H,5-7H2,1-4H3,(H,22,24). The van der Waals surface area contributed by atoms with Crippen molar-refractivity contribution in [1.82, 2.24) is 4.31 Å². The average Bonchev–Trinajstić information content (AvgIpc) is 2.70. The highest BCUT2D eigenvalue weighted by Gasteiger charge is 2.24. The van der Waals surface area contributed by atoms with Crippen molar-refractivity contribution in [2.45, 2.75) is 25.7 Å². The first-order valence-corrected chi connectivity index (χ1v) is 10.6. The molecule has 2 rings (SSSR count). The molecule has 29 heavy (non-hydrogen) atoms. The van der Waals surface area contributed by atoms with E-state index in [1.165, 1.54) is 17.5 Å². The minimum Gasteiger partial charge on any atom is -0.493 e. The number of hydrogen-bond acceptors (Lipinski definition) is 5. The Bertz CT molecular complexity index is 975. The Hall–Kier alpha value is -2.65. The lowest BCUT2D eigenvalue weighted by Crippen LogP contribution is -2.31. The van der Waals surface area contributed by atoms with Crippen molar-refractivity contribution in [3.8, 4) is 11.5 Å². The first kappa shape index (κ1) is 22.6. The van der Waals surface area contributed by atoms with Gasteiger partial charge in [-0.05, 0) is 37.3 Å². The highest BCUT2D eigenvalue weighted by Crippen LogP contribution is 2.30. The van der Waals surface area contributed by atoms with Crippen molar-refractivity contribution in [3.05, 3.63) is 47.8 Å². The van der Waals surface area contributed by atoms with E-state index in [4.69, 9.17) is 9.47 Å². The Morgan fingerprint density at radius 3 is 2.34 bits per heavy atom. The smallest absolute Gasteiger partial charge is 0.258 e. The van der Waals surface area contributed by atoms with Gasteiger partial charge in [0.15, 0.2) is 11.5 Å². The fraction of sp³-hybridized carbons (Fsp3) is 0.350. The first-order chi connectivity index (χ1) is 13.8. The maximum absolute atomic E-state index is 14.3. The molecule has 0 unspecified atom stereocenters. The number of nitrogens with zero attached hydrogens (tertiary/aromatic N) is 1. The minimum atomic E-state index is -3.82. The van der Waals surface area contributed by atoms with Crippen LogP contribution in [0.15, 0.2) is 41.3 Å². The van der Waals surface area contributed by atoms with Gasteiger partial charge < -0.3 is 14.8 Å². The fourth-order valence-electron chi connectivity index (χ4n) is 2.77. The topological polar surface area (TPSA) is 84.9 Å². The van der Waals surface area contributed by atoms with Crippen LogP contribution in [-0.4, -0.2) is 45.4 Å². The molecule has 0 heterocycles. The molecular weight excluding hydrogens is 399 g/mol. The predicted molar refractivity (Wildman–Crippen MR) is 109 cm³/mol. The number of halogens is 1. The third-order valence-electron chi connectivity index (χ3n) is 4.25. The summed E-state index contributed by atoms with van der Waals surface area (Å²) < 4.78 is 51.5. The number of hydrogen-bond donors (Lipinski definition) is 1. The summed E-state index contributed by atoms with van der Waals surface area (Å²) in [5.41, 5.74) is -0.0159. The van der Waals surface area contributed by atoms with Gasteiger partial charge in [-0.1, -0.05) is 13.8 Å². The van der Waals surface area contributed by atoms with Crippen LogP contribution in [0, 0.1) is 5.82 Å². The van der Waals surface area contributed by atoms with Crippen LogP contribution in [0.1, 0.15) is 31.1 Å². The second-order valence-corrected chi connectivity index (χ2v) is 7.92. The molecule has 2 aromatic carbocycles. The Morgan fingerprint density at radius 2 is 1.76 bits per heavy atom. The number of rotatable bonds is 9. The van der Waals surface area contributed by atoms with E-state index in [9.17, 15) is 17.6 Å². The Kier molecular flexibility index (Phi) is 7.58. The Balaban J connectivity index is 2.34. The molecule has 158 valence electrons. The van der Waals surface area contributed by atoms with E-state index in [0.717, 1.165) is 18.2 Å². The number of benzene rings is 2. The first-order valence-electron chi connectivity index (χ1n) is 9.20. The molecule has 0 radical (unpaired) electrons. The summed E-state index contributed by atoms with van der Waals surface area (Å²) in [4.78, 5) is 12.5. The molecule has 9 heteroatoms. The number of anilines is 1. The van der Waals surface area contributed by atoms with Crippen LogP contribution < -0.4 is 14.8 Å². The van der Waals surface area contributed by atoms with Gasteiger partial charge in [0.2, 0.25) is 10.0 Å². The molecule has 1 amide bonds. The molecule has 0 aliphatic heterocycles. The van der Waals surface area contributed by atoms with Gasteiger partial charge in [-0.15, -0.1) is 0 Å². The van der Waals surface area contributed by atoms with Gasteiger partial charge in [0.25, 0.3) is 5.91 Å². The van der Waals surface area contributed by atoms with Gasteiger partial charge in [0.1, 0.15) is 5.82 Å². The van der Waals surface area contributed by atoms with Crippen LogP contribution in [0.3, 0.4) is 0 Å². The third-order valence-corrected chi connectivity index (χ3v) is 6.29. The highest BCUT2D eigenvalue weighted by molar-refractivity contribution is 7.89. The van der Waals surface area contributed by atoms with E-state index in [0.29, 0.717) is 23.8 Å². The Morgan fingerprint density at radius 1 is 1.07 bits per heavy atom. The van der Waals surface area contributed by atoms with E-state index in [1.54, 1.807) is 26.0 Å². The summed E-state index contributed by atoms with van der Waals surface area (Å²) in [5, 5.41) is 2.56. The zero-order chi connectivity index (χ0) is 21.6. The fourth-order valence-corrected chi connectivity index (χ4v) is 4.25. The molecule has 0 aliphatic rings. The maximum atomic E-state index is 14.3. The SMILES string of the molecule is CCOc1ccc(NC(=O)c2cc(S(=O)(=O)N(CC)CC)ccc2F)cc1OC. The molecule has 0 bridgehead atoms. The highest BCUT2D eigenvalue weighted by atomic mass is 32.2. The summed E-state index contributed by atoms with van der Waals surface area (Å²) in [6.07, 6.45) is 0. The summed E-state index contributed by atoms with van der Waals surface area (Å²) >= 11 is 0. The van der Waals surface area contributed by atoms with E-state index < -0.39 is 21.7 Å². The van der Waals surface area contributed by atoms with Crippen LogP contribution in [-0.2, 0) is 10.0 Å². The van der Waals surface area contributed by atoms with Crippen molar-refractivity contribution < 1.29 is 27.1 Å². The van der Waals surface area contributed by atoms with Gasteiger partial charge >= 0.3 is 0 Å². The van der Waals surface area contributed by atoms with Crippen molar-refractivity contribution in [3.63, 3.8) is 0 Å². The summed E-state index contributed by atoms with van der Waals surface area (Å²) in [6.45, 7) is 6.22. The van der Waals surface area contributed by atoms with Crippen molar-refractivity contribution in [2.24, 2.45) is 0 Å². The van der Waals surface area contributed by atoms with Crippen LogP contribution in [0.5, 0.6) is 11.5 Å². The van der Waals surface area contributed by atoms with E-state index >= 15 is 0 Å². The second kappa shape index (κ2) is 9.71. The minimum absolute atomic E-state index is 0.142. The number of ether oxygens (including phenoxy) is 2. The Labute approximate surface area is 170 Å². The largest absolute Gasteiger partial charge is 0.493 e. The molecule has 0 atom stereocenters. The second-order valence-electron chi connectivity index (χ2n) is 5.98. The van der Waals surface area contributed by atoms with Gasteiger partial charge in [-0.25, -0.2) is 12.8 Å². The molecule has 0 saturated carbocycles. The lowest BCUT2D eigenvalue weighted by molar-refractivity contribution is 0.102. The van der Waals surface area contributed by atoms with Crippen LogP contribution in [0.4, 0.5) is 10.1 Å². The normalized spacial score (nSPS) is 11.4. The molecule has 0 aliphatic carbocycles. The monoisotopic (exact) mass is 424 g/mol. The number of nitrogens with one attached hydrogen (secondary N) is 1. The quantitative estimate of drug-likeness (QED) is 0.666. The molecule has 0 aromatic heterocycles. The van der Waals surface area contributed by atoms with E-state index in [1.807, 2.05) is 6.92 Å². The zero-order valence-corrected chi connectivity index (χ0v) is 17.7. The van der Waals surface area contributed by atoms with Gasteiger partial charge in [-0.3, -0.25) is 4.79 Å². The summed E-state index contributed by atoms with van der Waals surface area (Å²) in [5.74, 6) is -0.682. The number of amides is 1. The molecule has 7 nitrogen and oxygen atoms in total. The maximum Gasteiger partial charge on any atom is 0.258 e. The van der Waals surface area contributed by atoms with E-state index in [-0.39, 0.29) is 23.5 Å². The lowest BCUT2D eigenvalue weighted by Gasteiger charge is -2.19. The number of carbonyl (C=O) groups excluding carboxylic acids is 1. The van der Waals surface area contributed by atoms with Crippen molar-refractivity contribution in [1.29, 1.82) is 0 Å². The van der Waals surface area contributed by atoms with Crippen LogP contribution in [0.25, 0.3) is 0 Å². The molecule has 0 fully saturated rings. The molecule has 1 N–H and O–H groups in total. The van der Waals surface area contributed by atoms with E-state index in [2.05, 4.69) is 5.32 Å². The summed E-state index contributed by atoms with van der Waals surface area (Å²) in [7, 11) is -2.36. The van der Waals surface area contributed by atoms with Gasteiger partial charge in [0, 0.05) is 24.8 Å². The summed E-state index contributed by atoms with van der Waals surface area (Å²) in [6, 6.07) is 7.92. The van der Waals surface area contributed by atoms with Crippen molar-refractivity contribution in [2.75, 3.05) is 32.1 Å². The predicted octanol–water partition coefficient (Wildman–Crippen LogP) is 3.52. The number of sulfonamides is 1. The molecule has 2 aromatic rings. The van der Waals surface area contributed by atoms with Crippen LogP contribution >= 0.6 is 0 Å².